The molecular formula is C24H27N3O5. The first kappa shape index (κ1) is 21.8. The van der Waals surface area contributed by atoms with Crippen molar-refractivity contribution < 1.29 is 23.9 Å². The Morgan fingerprint density at radius 2 is 1.88 bits per heavy atom. The summed E-state index contributed by atoms with van der Waals surface area (Å²) < 4.78 is 17.1. The van der Waals surface area contributed by atoms with Gasteiger partial charge in [-0.05, 0) is 49.4 Å². The lowest BCUT2D eigenvalue weighted by molar-refractivity contribution is -0.136. The first-order valence-corrected chi connectivity index (χ1v) is 10.8. The van der Waals surface area contributed by atoms with E-state index in [0.29, 0.717) is 36.3 Å². The van der Waals surface area contributed by atoms with E-state index in [4.69, 9.17) is 19.1 Å². The summed E-state index contributed by atoms with van der Waals surface area (Å²) in [5, 5.41) is 15.9. The molecule has 1 saturated carbocycles. The second-order valence-electron chi connectivity index (χ2n) is 7.83. The maximum atomic E-state index is 10.6. The van der Waals surface area contributed by atoms with E-state index in [2.05, 4.69) is 15.5 Å². The number of aliphatic carboxylic acids is 1. The minimum absolute atomic E-state index is 0.0997. The normalized spacial score (nSPS) is 13.9. The first-order chi connectivity index (χ1) is 15.6. The molecule has 0 unspecified atom stereocenters. The van der Waals surface area contributed by atoms with E-state index in [1.54, 1.807) is 7.11 Å². The fourth-order valence-corrected chi connectivity index (χ4v) is 3.75. The molecule has 4 rings (SSSR count). The topological polar surface area (TPSA) is 107 Å². The molecule has 0 radical (unpaired) electrons. The maximum Gasteiger partial charge on any atom is 0.304 e. The molecule has 0 aliphatic heterocycles. The number of hydrogen-bond acceptors (Lipinski definition) is 7. The molecule has 168 valence electrons. The van der Waals surface area contributed by atoms with Gasteiger partial charge in [-0.2, -0.15) is 4.98 Å². The summed E-state index contributed by atoms with van der Waals surface area (Å²) in [6.45, 7) is 1.03. The van der Waals surface area contributed by atoms with Crippen LogP contribution >= 0.6 is 0 Å². The molecule has 1 heterocycles. The lowest BCUT2D eigenvalue weighted by Crippen LogP contribution is -2.17. The summed E-state index contributed by atoms with van der Waals surface area (Å²) in [7, 11) is 1.63. The van der Waals surface area contributed by atoms with Gasteiger partial charge >= 0.3 is 5.97 Å². The van der Waals surface area contributed by atoms with Crippen LogP contribution in [0.1, 0.15) is 37.7 Å². The highest BCUT2D eigenvalue weighted by atomic mass is 16.5. The van der Waals surface area contributed by atoms with Crippen LogP contribution in [0.5, 0.6) is 11.5 Å². The summed E-state index contributed by atoms with van der Waals surface area (Å²) in [5.41, 5.74) is 2.66. The van der Waals surface area contributed by atoms with Crippen molar-refractivity contribution in [2.45, 2.75) is 44.8 Å². The fraction of sp³-hybridized carbons (Fsp3) is 0.375. The molecule has 0 atom stereocenters. The molecule has 2 aromatic carbocycles. The summed E-state index contributed by atoms with van der Waals surface area (Å²) in [4.78, 5) is 15.1. The maximum absolute atomic E-state index is 10.6. The van der Waals surface area contributed by atoms with Crippen LogP contribution in [0.4, 0.5) is 0 Å². The van der Waals surface area contributed by atoms with E-state index < -0.39 is 5.97 Å². The summed E-state index contributed by atoms with van der Waals surface area (Å²) >= 11 is 0. The van der Waals surface area contributed by atoms with Crippen molar-refractivity contribution in [2.24, 2.45) is 0 Å². The average Bonchev–Trinajstić information content (AvgIpc) is 3.49. The van der Waals surface area contributed by atoms with E-state index >= 15 is 0 Å². The van der Waals surface area contributed by atoms with Crippen molar-refractivity contribution in [3.63, 3.8) is 0 Å². The van der Waals surface area contributed by atoms with Crippen LogP contribution in [-0.2, 0) is 11.3 Å². The van der Waals surface area contributed by atoms with Gasteiger partial charge in [0.25, 0.3) is 5.89 Å². The molecule has 1 aromatic heterocycles. The van der Waals surface area contributed by atoms with Gasteiger partial charge in [0.2, 0.25) is 5.82 Å². The highest BCUT2D eigenvalue weighted by Crippen LogP contribution is 2.35. The van der Waals surface area contributed by atoms with Crippen LogP contribution in [-0.4, -0.2) is 41.0 Å². The van der Waals surface area contributed by atoms with Crippen molar-refractivity contribution in [3.8, 4) is 34.3 Å². The lowest BCUT2D eigenvalue weighted by Gasteiger charge is -2.16. The Morgan fingerprint density at radius 1 is 1.12 bits per heavy atom. The number of rotatable bonds is 10. The van der Waals surface area contributed by atoms with E-state index in [1.807, 2.05) is 42.5 Å². The van der Waals surface area contributed by atoms with E-state index in [-0.39, 0.29) is 12.5 Å². The molecule has 0 saturated heterocycles. The molecule has 3 aromatic rings. The number of methoxy groups -OCH3 is 1. The first-order valence-electron chi connectivity index (χ1n) is 10.8. The number of benzene rings is 2. The third-order valence-corrected chi connectivity index (χ3v) is 5.49. The van der Waals surface area contributed by atoms with Crippen molar-refractivity contribution in [2.75, 3.05) is 13.7 Å². The largest absolute Gasteiger partial charge is 0.493 e. The smallest absolute Gasteiger partial charge is 0.304 e. The van der Waals surface area contributed by atoms with E-state index in [0.717, 1.165) is 29.5 Å². The van der Waals surface area contributed by atoms with Crippen LogP contribution in [0, 0.1) is 0 Å². The molecule has 1 aliphatic carbocycles. The zero-order valence-corrected chi connectivity index (χ0v) is 18.0. The summed E-state index contributed by atoms with van der Waals surface area (Å²) in [6.07, 6.45) is 4.82. The minimum atomic E-state index is -0.810. The van der Waals surface area contributed by atoms with Crippen LogP contribution in [0.25, 0.3) is 22.8 Å². The van der Waals surface area contributed by atoms with E-state index in [9.17, 15) is 4.79 Å². The minimum Gasteiger partial charge on any atom is -0.493 e. The standard InChI is InChI=1S/C24H27N3O5/c1-30-20-11-10-18(14-21(20)31-19-4-2-3-5-19)24-26-23(27-32-24)17-8-6-16(7-9-17)15-25-13-12-22(28)29/h6-11,14,19,25H,2-5,12-13,15H2,1H3,(H,28,29). The SMILES string of the molecule is COc1ccc(-c2nc(-c3ccc(CNCCC(=O)O)cc3)no2)cc1OC1CCCC1. The van der Waals surface area contributed by atoms with Gasteiger partial charge in [-0.3, -0.25) is 4.79 Å². The number of nitrogens with zero attached hydrogens (tertiary/aromatic N) is 2. The number of ether oxygens (including phenoxy) is 2. The quantitative estimate of drug-likeness (QED) is 0.452. The zero-order chi connectivity index (χ0) is 22.3. The van der Waals surface area contributed by atoms with Crippen molar-refractivity contribution >= 4 is 5.97 Å². The number of aromatic nitrogens is 2. The van der Waals surface area contributed by atoms with Crippen molar-refractivity contribution in [3.05, 3.63) is 48.0 Å². The number of carbonyl (C=O) groups is 1. The zero-order valence-electron chi connectivity index (χ0n) is 18.0. The van der Waals surface area contributed by atoms with Gasteiger partial charge in [-0.15, -0.1) is 0 Å². The van der Waals surface area contributed by atoms with Crippen molar-refractivity contribution in [1.29, 1.82) is 0 Å². The van der Waals surface area contributed by atoms with E-state index in [1.165, 1.54) is 12.8 Å². The predicted molar refractivity (Wildman–Crippen MR) is 119 cm³/mol. The van der Waals surface area contributed by atoms with Gasteiger partial charge in [-0.25, -0.2) is 0 Å². The van der Waals surface area contributed by atoms with Crippen LogP contribution in [0.15, 0.2) is 47.0 Å². The molecule has 0 amide bonds. The third kappa shape index (κ3) is 5.45. The second-order valence-corrected chi connectivity index (χ2v) is 7.83. The number of carboxylic acids is 1. The van der Waals surface area contributed by atoms with Gasteiger partial charge in [0.1, 0.15) is 0 Å². The van der Waals surface area contributed by atoms with Crippen LogP contribution in [0.2, 0.25) is 0 Å². The highest BCUT2D eigenvalue weighted by molar-refractivity contribution is 5.67. The third-order valence-electron chi connectivity index (χ3n) is 5.49. The molecule has 8 nitrogen and oxygen atoms in total. The number of hydrogen-bond donors (Lipinski definition) is 2. The summed E-state index contributed by atoms with van der Waals surface area (Å²) in [5.74, 6) is 1.48. The van der Waals surface area contributed by atoms with Gasteiger partial charge in [0.05, 0.1) is 19.6 Å². The molecule has 1 fully saturated rings. The molecule has 0 bridgehead atoms. The Kier molecular flexibility index (Phi) is 7.01. The Balaban J connectivity index is 1.44. The van der Waals surface area contributed by atoms with Gasteiger partial charge in [-0.1, -0.05) is 29.4 Å². The van der Waals surface area contributed by atoms with Gasteiger partial charge in [0.15, 0.2) is 11.5 Å². The fourth-order valence-electron chi connectivity index (χ4n) is 3.75. The lowest BCUT2D eigenvalue weighted by atomic mass is 10.1. The molecule has 32 heavy (non-hydrogen) atoms. The molecule has 8 heteroatoms. The second kappa shape index (κ2) is 10.3. The predicted octanol–water partition coefficient (Wildman–Crippen LogP) is 4.30. The van der Waals surface area contributed by atoms with Crippen LogP contribution in [0.3, 0.4) is 0 Å². The Bertz CT molecular complexity index is 1040. The number of carboxylic acid groups (broad SMARTS) is 1. The summed E-state index contributed by atoms with van der Waals surface area (Å²) in [6, 6.07) is 13.4. The van der Waals surface area contributed by atoms with Gasteiger partial charge in [0, 0.05) is 24.2 Å². The Labute approximate surface area is 186 Å². The molecule has 2 N–H and O–H groups in total. The average molecular weight is 437 g/mol. The Hall–Kier alpha value is -3.39. The number of nitrogens with one attached hydrogen (secondary N) is 1. The molecular weight excluding hydrogens is 410 g/mol. The van der Waals surface area contributed by atoms with Gasteiger partial charge < -0.3 is 24.4 Å². The van der Waals surface area contributed by atoms with Crippen LogP contribution < -0.4 is 14.8 Å². The highest BCUT2D eigenvalue weighted by Gasteiger charge is 2.20. The Morgan fingerprint density at radius 3 is 2.59 bits per heavy atom. The molecule has 1 aliphatic rings. The monoisotopic (exact) mass is 437 g/mol. The van der Waals surface area contributed by atoms with Crippen molar-refractivity contribution in [1.82, 2.24) is 15.5 Å². The molecule has 0 spiro atoms.